The van der Waals surface area contributed by atoms with Gasteiger partial charge >= 0.3 is 0 Å². The molecule has 0 bridgehead atoms. The molecule has 0 radical (unpaired) electrons. The molecular formula is C19H27N5. The molecule has 1 fully saturated rings. The van der Waals surface area contributed by atoms with Crippen molar-refractivity contribution in [2.75, 3.05) is 31.5 Å². The normalized spacial score (nSPS) is 23.9. The second-order valence-electron chi connectivity index (χ2n) is 7.21. The number of nitrogens with one attached hydrogen (secondary N) is 2. The van der Waals surface area contributed by atoms with Gasteiger partial charge in [-0.2, -0.15) is 5.10 Å². The number of aromatic nitrogens is 2. The molecular weight excluding hydrogens is 298 g/mol. The Hall–Kier alpha value is -1.85. The Morgan fingerprint density at radius 3 is 3.00 bits per heavy atom. The van der Waals surface area contributed by atoms with E-state index in [1.54, 1.807) is 0 Å². The average Bonchev–Trinajstić information content (AvgIpc) is 3.18. The van der Waals surface area contributed by atoms with E-state index < -0.39 is 0 Å². The predicted molar refractivity (Wildman–Crippen MR) is 97.1 cm³/mol. The highest BCUT2D eigenvalue weighted by Gasteiger charge is 2.24. The summed E-state index contributed by atoms with van der Waals surface area (Å²) < 4.78 is 2.11. The molecule has 2 aliphatic rings. The molecule has 0 amide bonds. The molecule has 1 aromatic carbocycles. The number of fused-ring (bicyclic) bond motifs is 1. The Morgan fingerprint density at radius 2 is 2.12 bits per heavy atom. The molecule has 4 rings (SSSR count). The van der Waals surface area contributed by atoms with Crippen LogP contribution >= 0.6 is 0 Å². The number of hydrogen-bond acceptors (Lipinski definition) is 4. The minimum Gasteiger partial charge on any atom is -0.370 e. The summed E-state index contributed by atoms with van der Waals surface area (Å²) in [6.07, 6.45) is 1.25. The van der Waals surface area contributed by atoms with Gasteiger partial charge in [0.15, 0.2) is 0 Å². The maximum Gasteiger partial charge on any atom is 0.124 e. The zero-order valence-corrected chi connectivity index (χ0v) is 14.4. The molecule has 1 aromatic heterocycles. The summed E-state index contributed by atoms with van der Waals surface area (Å²) in [4.78, 5) is 2.56. The molecule has 0 spiro atoms. The van der Waals surface area contributed by atoms with E-state index in [-0.39, 0.29) is 0 Å². The Morgan fingerprint density at radius 1 is 1.25 bits per heavy atom. The SMILES string of the molecule is Cc1cc2n(n1)C[C@@H](CN[C@H]1CCN(Cc3ccccc3)C1)CN2. The van der Waals surface area contributed by atoms with Crippen molar-refractivity contribution >= 4 is 5.82 Å². The first-order chi connectivity index (χ1) is 11.8. The summed E-state index contributed by atoms with van der Waals surface area (Å²) in [6.45, 7) is 8.59. The summed E-state index contributed by atoms with van der Waals surface area (Å²) in [5.74, 6) is 1.78. The summed E-state index contributed by atoms with van der Waals surface area (Å²) >= 11 is 0. The quantitative estimate of drug-likeness (QED) is 0.884. The van der Waals surface area contributed by atoms with Gasteiger partial charge in [0.05, 0.1) is 5.69 Å². The maximum absolute atomic E-state index is 4.56. The van der Waals surface area contributed by atoms with Crippen molar-refractivity contribution in [3.63, 3.8) is 0 Å². The van der Waals surface area contributed by atoms with Crippen LogP contribution in [0.4, 0.5) is 5.82 Å². The summed E-state index contributed by atoms with van der Waals surface area (Å²) in [7, 11) is 0. The molecule has 5 heteroatoms. The lowest BCUT2D eigenvalue weighted by Gasteiger charge is -2.26. The fourth-order valence-electron chi connectivity index (χ4n) is 3.84. The summed E-state index contributed by atoms with van der Waals surface area (Å²) in [5.41, 5.74) is 2.51. The second kappa shape index (κ2) is 6.95. The van der Waals surface area contributed by atoms with Crippen LogP contribution in [0.15, 0.2) is 36.4 Å². The average molecular weight is 325 g/mol. The van der Waals surface area contributed by atoms with Gasteiger partial charge in [0.25, 0.3) is 0 Å². The van der Waals surface area contributed by atoms with Crippen LogP contribution in [0.5, 0.6) is 0 Å². The summed E-state index contributed by atoms with van der Waals surface area (Å²) in [5, 5.41) is 11.8. The highest BCUT2D eigenvalue weighted by molar-refractivity contribution is 5.38. The van der Waals surface area contributed by atoms with Gasteiger partial charge in [-0.05, 0) is 18.9 Å². The molecule has 0 aliphatic carbocycles. The van der Waals surface area contributed by atoms with Gasteiger partial charge in [0.1, 0.15) is 5.82 Å². The van der Waals surface area contributed by atoms with Crippen LogP contribution in [0.2, 0.25) is 0 Å². The van der Waals surface area contributed by atoms with Crippen molar-refractivity contribution in [1.82, 2.24) is 20.0 Å². The maximum atomic E-state index is 4.56. The van der Waals surface area contributed by atoms with Crippen LogP contribution in [0.25, 0.3) is 0 Å². The molecule has 0 unspecified atom stereocenters. The molecule has 2 atom stereocenters. The van der Waals surface area contributed by atoms with Crippen molar-refractivity contribution < 1.29 is 0 Å². The third-order valence-corrected chi connectivity index (χ3v) is 5.12. The standard InChI is InChI=1S/C19H27N5/c1-15-9-19-21-11-17(13-24(19)22-15)10-20-18-7-8-23(14-18)12-16-5-3-2-4-6-16/h2-6,9,17-18,20-21H,7-8,10-14H2,1H3/t17-,18-/m0/s1. The Balaban J connectivity index is 1.23. The van der Waals surface area contributed by atoms with Crippen molar-refractivity contribution in [3.05, 3.63) is 47.7 Å². The van der Waals surface area contributed by atoms with Gasteiger partial charge in [-0.1, -0.05) is 30.3 Å². The topological polar surface area (TPSA) is 45.1 Å². The fraction of sp³-hybridized carbons (Fsp3) is 0.526. The van der Waals surface area contributed by atoms with E-state index in [0.717, 1.165) is 38.4 Å². The van der Waals surface area contributed by atoms with Gasteiger partial charge in [0.2, 0.25) is 0 Å². The minimum absolute atomic E-state index is 0.611. The Kier molecular flexibility index (Phi) is 4.54. The van der Waals surface area contributed by atoms with Gasteiger partial charge in [-0.3, -0.25) is 4.90 Å². The molecule has 3 heterocycles. The van der Waals surface area contributed by atoms with E-state index >= 15 is 0 Å². The van der Waals surface area contributed by atoms with Gasteiger partial charge < -0.3 is 10.6 Å². The lowest BCUT2D eigenvalue weighted by molar-refractivity contribution is 0.312. The molecule has 2 N–H and O–H groups in total. The first kappa shape index (κ1) is 15.7. The third-order valence-electron chi connectivity index (χ3n) is 5.12. The number of benzene rings is 1. The van der Waals surface area contributed by atoms with E-state index in [1.165, 1.54) is 24.3 Å². The summed E-state index contributed by atoms with van der Waals surface area (Å²) in [6, 6.07) is 13.5. The van der Waals surface area contributed by atoms with Crippen LogP contribution in [-0.2, 0) is 13.1 Å². The van der Waals surface area contributed by atoms with Crippen molar-refractivity contribution in [2.24, 2.45) is 5.92 Å². The van der Waals surface area contributed by atoms with Crippen molar-refractivity contribution in [1.29, 1.82) is 0 Å². The van der Waals surface area contributed by atoms with Crippen LogP contribution in [0.1, 0.15) is 17.7 Å². The number of aryl methyl sites for hydroxylation is 1. The zero-order chi connectivity index (χ0) is 16.4. The number of anilines is 1. The van der Waals surface area contributed by atoms with Gasteiger partial charge in [-0.15, -0.1) is 0 Å². The molecule has 24 heavy (non-hydrogen) atoms. The van der Waals surface area contributed by atoms with Crippen molar-refractivity contribution in [2.45, 2.75) is 32.5 Å². The van der Waals surface area contributed by atoms with E-state index in [0.29, 0.717) is 12.0 Å². The van der Waals surface area contributed by atoms with Gasteiger partial charge in [0, 0.05) is 57.3 Å². The van der Waals surface area contributed by atoms with Gasteiger partial charge in [-0.25, -0.2) is 4.68 Å². The van der Waals surface area contributed by atoms with E-state index in [4.69, 9.17) is 0 Å². The number of hydrogen-bond donors (Lipinski definition) is 2. The molecule has 2 aromatic rings. The van der Waals surface area contributed by atoms with E-state index in [2.05, 4.69) is 68.6 Å². The third kappa shape index (κ3) is 3.62. The van der Waals surface area contributed by atoms with Crippen molar-refractivity contribution in [3.8, 4) is 0 Å². The lowest BCUT2D eigenvalue weighted by Crippen LogP contribution is -2.40. The predicted octanol–water partition coefficient (Wildman–Crippen LogP) is 2.10. The van der Waals surface area contributed by atoms with E-state index in [1.807, 2.05) is 0 Å². The number of nitrogens with zero attached hydrogens (tertiary/aromatic N) is 3. The Labute approximate surface area is 144 Å². The first-order valence-electron chi connectivity index (χ1n) is 9.04. The number of rotatable bonds is 5. The number of likely N-dealkylation sites (tertiary alicyclic amines) is 1. The molecule has 2 aliphatic heterocycles. The smallest absolute Gasteiger partial charge is 0.124 e. The molecule has 1 saturated heterocycles. The van der Waals surface area contributed by atoms with Crippen LogP contribution in [0.3, 0.4) is 0 Å². The van der Waals surface area contributed by atoms with E-state index in [9.17, 15) is 0 Å². The highest BCUT2D eigenvalue weighted by atomic mass is 15.3. The minimum atomic E-state index is 0.611. The molecule has 5 nitrogen and oxygen atoms in total. The Bertz CT molecular complexity index is 666. The largest absolute Gasteiger partial charge is 0.370 e. The van der Waals surface area contributed by atoms with Crippen LogP contribution < -0.4 is 10.6 Å². The molecule has 128 valence electrons. The zero-order valence-electron chi connectivity index (χ0n) is 14.4. The van der Waals surface area contributed by atoms with Crippen LogP contribution in [-0.4, -0.2) is 46.9 Å². The fourth-order valence-corrected chi connectivity index (χ4v) is 3.84. The first-order valence-corrected chi connectivity index (χ1v) is 9.04. The second-order valence-corrected chi connectivity index (χ2v) is 7.21. The highest BCUT2D eigenvalue weighted by Crippen LogP contribution is 2.19. The lowest BCUT2D eigenvalue weighted by atomic mass is 10.1. The van der Waals surface area contributed by atoms with Crippen LogP contribution in [0, 0.1) is 12.8 Å². The molecule has 0 saturated carbocycles. The monoisotopic (exact) mass is 325 g/mol.